The Kier molecular flexibility index (Phi) is 3.78. The van der Waals surface area contributed by atoms with E-state index in [-0.39, 0.29) is 18.1 Å². The van der Waals surface area contributed by atoms with Crippen LogP contribution < -0.4 is 5.01 Å². The van der Waals surface area contributed by atoms with Crippen LogP contribution in [0, 0.1) is 5.92 Å². The molecule has 0 spiro atoms. The van der Waals surface area contributed by atoms with Gasteiger partial charge in [-0.1, -0.05) is 36.4 Å². The average Bonchev–Trinajstić information content (AvgIpc) is 2.84. The van der Waals surface area contributed by atoms with Crippen molar-refractivity contribution in [2.45, 2.75) is 13.3 Å². The van der Waals surface area contributed by atoms with E-state index < -0.39 is 5.92 Å². The number of aromatic nitrogens is 1. The zero-order valence-electron chi connectivity index (χ0n) is 12.1. The fourth-order valence-corrected chi connectivity index (χ4v) is 2.48. The molecule has 1 aliphatic heterocycles. The molecule has 1 atom stereocenters. The lowest BCUT2D eigenvalue weighted by Gasteiger charge is -2.12. The van der Waals surface area contributed by atoms with Crippen molar-refractivity contribution >= 4 is 23.2 Å². The number of hydrogen-bond donors (Lipinski definition) is 0. The lowest BCUT2D eigenvalue weighted by molar-refractivity contribution is -0.128. The molecular formula is C17H15N3O2. The minimum Gasteiger partial charge on any atom is -0.298 e. The highest BCUT2D eigenvalue weighted by atomic mass is 16.2. The molecule has 5 heteroatoms. The zero-order chi connectivity index (χ0) is 15.5. The monoisotopic (exact) mass is 293 g/mol. The lowest BCUT2D eigenvalue weighted by Crippen LogP contribution is -2.33. The van der Waals surface area contributed by atoms with Crippen molar-refractivity contribution in [3.8, 4) is 0 Å². The third-order valence-corrected chi connectivity index (χ3v) is 3.54. The van der Waals surface area contributed by atoms with Gasteiger partial charge in [-0.3, -0.25) is 9.59 Å². The molecule has 0 saturated heterocycles. The van der Waals surface area contributed by atoms with E-state index in [4.69, 9.17) is 0 Å². The van der Waals surface area contributed by atoms with E-state index in [2.05, 4.69) is 10.1 Å². The molecular weight excluding hydrogens is 278 g/mol. The van der Waals surface area contributed by atoms with E-state index in [9.17, 15) is 9.59 Å². The summed E-state index contributed by atoms with van der Waals surface area (Å²) in [5, 5.41) is 5.41. The molecule has 1 aliphatic rings. The van der Waals surface area contributed by atoms with Crippen molar-refractivity contribution in [1.29, 1.82) is 0 Å². The number of carbonyl (C=O) groups excluding carboxylic acids is 2. The highest BCUT2D eigenvalue weighted by Crippen LogP contribution is 2.23. The Balaban J connectivity index is 1.80. The molecule has 22 heavy (non-hydrogen) atoms. The van der Waals surface area contributed by atoms with Crippen LogP contribution in [0.3, 0.4) is 0 Å². The van der Waals surface area contributed by atoms with Crippen LogP contribution in [0.4, 0.5) is 5.82 Å². The number of nitrogens with zero attached hydrogens (tertiary/aromatic N) is 3. The standard InChI is InChI=1S/C17H15N3O2/c1-12-16(14(21)11-13-7-3-2-4-8-13)17(22)20(19-12)15-9-5-6-10-18-15/h2-10,16H,11H2,1H3. The van der Waals surface area contributed by atoms with E-state index in [1.807, 2.05) is 30.3 Å². The maximum Gasteiger partial charge on any atom is 0.265 e. The zero-order valence-corrected chi connectivity index (χ0v) is 12.1. The van der Waals surface area contributed by atoms with Gasteiger partial charge >= 0.3 is 0 Å². The fourth-order valence-electron chi connectivity index (χ4n) is 2.48. The van der Waals surface area contributed by atoms with Gasteiger partial charge in [0.25, 0.3) is 5.91 Å². The first-order valence-electron chi connectivity index (χ1n) is 7.03. The highest BCUT2D eigenvalue weighted by molar-refractivity contribution is 6.27. The van der Waals surface area contributed by atoms with Crippen molar-refractivity contribution in [3.05, 3.63) is 60.3 Å². The average molecular weight is 293 g/mol. The maximum atomic E-state index is 12.5. The van der Waals surface area contributed by atoms with Crippen LogP contribution in [0.1, 0.15) is 12.5 Å². The molecule has 0 radical (unpaired) electrons. The molecule has 1 aromatic carbocycles. The van der Waals surface area contributed by atoms with Gasteiger partial charge in [-0.05, 0) is 24.6 Å². The summed E-state index contributed by atoms with van der Waals surface area (Å²) in [5.41, 5.74) is 1.40. The van der Waals surface area contributed by atoms with Crippen molar-refractivity contribution in [3.63, 3.8) is 0 Å². The predicted molar refractivity (Wildman–Crippen MR) is 83.5 cm³/mol. The maximum absolute atomic E-state index is 12.5. The quantitative estimate of drug-likeness (QED) is 0.812. The van der Waals surface area contributed by atoms with E-state index in [1.165, 1.54) is 5.01 Å². The molecule has 0 fully saturated rings. The van der Waals surface area contributed by atoms with Crippen LogP contribution in [0.2, 0.25) is 0 Å². The van der Waals surface area contributed by atoms with Gasteiger partial charge < -0.3 is 0 Å². The number of rotatable bonds is 4. The Labute approximate surface area is 128 Å². The fraction of sp³-hybridized carbons (Fsp3) is 0.176. The summed E-state index contributed by atoms with van der Waals surface area (Å²) in [6, 6.07) is 14.6. The van der Waals surface area contributed by atoms with Crippen LogP contribution in [0.5, 0.6) is 0 Å². The molecule has 5 nitrogen and oxygen atoms in total. The van der Waals surface area contributed by atoms with Gasteiger partial charge in [0, 0.05) is 12.6 Å². The van der Waals surface area contributed by atoms with Gasteiger partial charge in [0.05, 0.1) is 5.71 Å². The second-order valence-electron chi connectivity index (χ2n) is 5.14. The molecule has 1 amide bonds. The number of anilines is 1. The largest absolute Gasteiger partial charge is 0.298 e. The molecule has 3 rings (SSSR count). The number of hydrazone groups is 1. The van der Waals surface area contributed by atoms with Crippen LogP contribution >= 0.6 is 0 Å². The first kappa shape index (κ1) is 14.1. The topological polar surface area (TPSA) is 62.6 Å². The third-order valence-electron chi connectivity index (χ3n) is 3.54. The normalized spacial score (nSPS) is 17.5. The minimum absolute atomic E-state index is 0.143. The van der Waals surface area contributed by atoms with Gasteiger partial charge in [0.15, 0.2) is 11.6 Å². The summed E-state index contributed by atoms with van der Waals surface area (Å²) in [5.74, 6) is -0.864. The van der Waals surface area contributed by atoms with Crippen LogP contribution in [0.15, 0.2) is 59.8 Å². The van der Waals surface area contributed by atoms with Gasteiger partial charge in [0.2, 0.25) is 0 Å². The molecule has 110 valence electrons. The van der Waals surface area contributed by atoms with Crippen molar-refractivity contribution < 1.29 is 9.59 Å². The first-order chi connectivity index (χ1) is 10.7. The smallest absolute Gasteiger partial charge is 0.265 e. The van der Waals surface area contributed by atoms with Gasteiger partial charge in [-0.15, -0.1) is 0 Å². The molecule has 1 aromatic heterocycles. The third kappa shape index (κ3) is 2.65. The van der Waals surface area contributed by atoms with Crippen molar-refractivity contribution in [2.75, 3.05) is 5.01 Å². The summed E-state index contributed by atoms with van der Waals surface area (Å²) in [6.45, 7) is 1.70. The second-order valence-corrected chi connectivity index (χ2v) is 5.14. The summed E-state index contributed by atoms with van der Waals surface area (Å²) in [7, 11) is 0. The number of amides is 1. The molecule has 0 aliphatic carbocycles. The van der Waals surface area contributed by atoms with Crippen LogP contribution in [0.25, 0.3) is 0 Å². The molecule has 1 unspecified atom stereocenters. The van der Waals surface area contributed by atoms with E-state index in [0.717, 1.165) is 5.56 Å². The number of carbonyl (C=O) groups is 2. The Hall–Kier alpha value is -2.82. The van der Waals surface area contributed by atoms with E-state index >= 15 is 0 Å². The van der Waals surface area contributed by atoms with Crippen molar-refractivity contribution in [1.82, 2.24) is 4.98 Å². The summed E-state index contributed by atoms with van der Waals surface area (Å²) >= 11 is 0. The van der Waals surface area contributed by atoms with E-state index in [0.29, 0.717) is 11.5 Å². The Morgan fingerprint density at radius 1 is 1.14 bits per heavy atom. The first-order valence-corrected chi connectivity index (χ1v) is 7.03. The van der Waals surface area contributed by atoms with Crippen molar-refractivity contribution in [2.24, 2.45) is 11.0 Å². The lowest BCUT2D eigenvalue weighted by atomic mass is 9.94. The second kappa shape index (κ2) is 5.89. The number of Topliss-reactive ketones (excluding diaryl/α,β-unsaturated/α-hetero) is 1. The van der Waals surface area contributed by atoms with Gasteiger partial charge in [0.1, 0.15) is 5.92 Å². The number of pyridine rings is 1. The van der Waals surface area contributed by atoms with Crippen LogP contribution in [-0.4, -0.2) is 22.4 Å². The predicted octanol–water partition coefficient (Wildman–Crippen LogP) is 2.23. The summed E-state index contributed by atoms with van der Waals surface area (Å²) < 4.78 is 0. The molecule has 2 aromatic rings. The number of hydrogen-bond acceptors (Lipinski definition) is 4. The minimum atomic E-state index is -0.817. The Morgan fingerprint density at radius 3 is 2.55 bits per heavy atom. The molecule has 0 saturated carbocycles. The molecule has 2 heterocycles. The number of ketones is 1. The highest BCUT2D eigenvalue weighted by Gasteiger charge is 2.39. The molecule has 0 bridgehead atoms. The Morgan fingerprint density at radius 2 is 1.86 bits per heavy atom. The molecule has 0 N–H and O–H groups in total. The van der Waals surface area contributed by atoms with E-state index in [1.54, 1.807) is 31.3 Å². The SMILES string of the molecule is CC1=NN(c2ccccn2)C(=O)C1C(=O)Cc1ccccc1. The summed E-state index contributed by atoms with van der Waals surface area (Å²) in [6.07, 6.45) is 1.81. The van der Waals surface area contributed by atoms with Gasteiger partial charge in [-0.2, -0.15) is 10.1 Å². The number of benzene rings is 1. The summed E-state index contributed by atoms with van der Waals surface area (Å²) in [4.78, 5) is 29.1. The van der Waals surface area contributed by atoms with Crippen LogP contribution in [-0.2, 0) is 16.0 Å². The Bertz CT molecular complexity index is 726. The van der Waals surface area contributed by atoms with Gasteiger partial charge in [-0.25, -0.2) is 4.98 Å².